The lowest BCUT2D eigenvalue weighted by Gasteiger charge is -2.06. The first-order valence-corrected chi connectivity index (χ1v) is 4.35. The molecule has 3 nitrogen and oxygen atoms in total. The van der Waals surface area contributed by atoms with Crippen LogP contribution in [0.1, 0.15) is 5.56 Å². The summed E-state index contributed by atoms with van der Waals surface area (Å²) in [5.41, 5.74) is 1.01. The second-order valence-electron chi connectivity index (χ2n) is 2.89. The molecule has 0 unspecified atom stereocenters. The maximum absolute atomic E-state index is 5.44. The van der Waals surface area contributed by atoms with Gasteiger partial charge in [-0.2, -0.15) is 0 Å². The fraction of sp³-hybridized carbons (Fsp3) is 0.0909. The van der Waals surface area contributed by atoms with E-state index in [4.69, 9.17) is 4.74 Å². The van der Waals surface area contributed by atoms with Crippen LogP contribution in [0, 0.1) is 0 Å². The van der Waals surface area contributed by atoms with Crippen LogP contribution in [0.25, 0.3) is 0 Å². The Morgan fingerprint density at radius 2 is 2.36 bits per heavy atom. The van der Waals surface area contributed by atoms with Crippen molar-refractivity contribution in [3.05, 3.63) is 48.5 Å². The van der Waals surface area contributed by atoms with Crippen LogP contribution in [0.2, 0.25) is 0 Å². The molecular weight excluding hydrogens is 176 g/mol. The third kappa shape index (κ3) is 1.88. The molecule has 0 amide bonds. The number of rotatable bonds is 0. The predicted octanol–water partition coefficient (Wildman–Crippen LogP) is 2.11. The predicted molar refractivity (Wildman–Crippen MR) is 55.3 cm³/mol. The van der Waals surface area contributed by atoms with Crippen LogP contribution in [0.15, 0.2) is 47.9 Å². The third-order valence-electron chi connectivity index (χ3n) is 1.84. The summed E-state index contributed by atoms with van der Waals surface area (Å²) in [6.07, 6.45) is 7.61. The molecule has 2 heterocycles. The molecule has 70 valence electrons. The van der Waals surface area contributed by atoms with E-state index < -0.39 is 0 Å². The van der Waals surface area contributed by atoms with Crippen LogP contribution in [-0.4, -0.2) is 11.2 Å². The van der Waals surface area contributed by atoms with E-state index in [9.17, 15) is 0 Å². The summed E-state index contributed by atoms with van der Waals surface area (Å²) >= 11 is 0. The Bertz CT molecular complexity index is 408. The fourth-order valence-corrected chi connectivity index (χ4v) is 1.17. The Morgan fingerprint density at radius 3 is 3.29 bits per heavy atom. The second kappa shape index (κ2) is 3.87. The van der Waals surface area contributed by atoms with E-state index in [0.717, 1.165) is 12.0 Å². The van der Waals surface area contributed by atoms with Gasteiger partial charge in [-0.1, -0.05) is 12.6 Å². The summed E-state index contributed by atoms with van der Waals surface area (Å²) in [5.74, 6) is 1.15. The van der Waals surface area contributed by atoms with Gasteiger partial charge in [0.2, 0.25) is 5.88 Å². The zero-order valence-electron chi connectivity index (χ0n) is 7.68. The lowest BCUT2D eigenvalue weighted by molar-refractivity contribution is 0.425. The zero-order chi connectivity index (χ0) is 9.80. The van der Waals surface area contributed by atoms with Crippen molar-refractivity contribution < 1.29 is 4.74 Å². The van der Waals surface area contributed by atoms with Crippen molar-refractivity contribution in [1.29, 1.82) is 0 Å². The molecule has 0 aliphatic carbocycles. The molecule has 0 atom stereocenters. The molecule has 1 aliphatic rings. The van der Waals surface area contributed by atoms with Crippen LogP contribution < -0.4 is 4.74 Å². The largest absolute Gasteiger partial charge is 0.439 e. The van der Waals surface area contributed by atoms with Crippen LogP contribution >= 0.6 is 0 Å². The second-order valence-corrected chi connectivity index (χ2v) is 2.89. The smallest absolute Gasteiger partial charge is 0.222 e. The summed E-state index contributed by atoms with van der Waals surface area (Å²) < 4.78 is 5.44. The first-order chi connectivity index (χ1) is 6.86. The minimum atomic E-state index is 0.545. The van der Waals surface area contributed by atoms with Crippen molar-refractivity contribution in [2.45, 2.75) is 6.42 Å². The van der Waals surface area contributed by atoms with Crippen molar-refractivity contribution in [3.63, 3.8) is 0 Å². The van der Waals surface area contributed by atoms with Gasteiger partial charge in [0, 0.05) is 30.6 Å². The van der Waals surface area contributed by atoms with E-state index in [2.05, 4.69) is 16.6 Å². The van der Waals surface area contributed by atoms with Crippen LogP contribution in [-0.2, 0) is 6.42 Å². The molecule has 3 heteroatoms. The van der Waals surface area contributed by atoms with Gasteiger partial charge in [-0.3, -0.25) is 4.99 Å². The number of fused-ring (bicyclic) bond motifs is 1. The number of pyridine rings is 1. The van der Waals surface area contributed by atoms with E-state index >= 15 is 0 Å². The number of hydrogen-bond acceptors (Lipinski definition) is 3. The van der Waals surface area contributed by atoms with Crippen LogP contribution in [0.3, 0.4) is 0 Å². The highest BCUT2D eigenvalue weighted by molar-refractivity contribution is 5.63. The van der Waals surface area contributed by atoms with Crippen molar-refractivity contribution in [2.24, 2.45) is 4.99 Å². The Morgan fingerprint density at radius 1 is 1.43 bits per heavy atom. The molecule has 1 aliphatic heterocycles. The number of allylic oxidation sites excluding steroid dienone is 1. The van der Waals surface area contributed by atoms with Crippen LogP contribution in [0.5, 0.6) is 5.88 Å². The lowest BCUT2D eigenvalue weighted by Crippen LogP contribution is -1.97. The average molecular weight is 186 g/mol. The van der Waals surface area contributed by atoms with Gasteiger partial charge >= 0.3 is 0 Å². The summed E-state index contributed by atoms with van der Waals surface area (Å²) in [5, 5.41) is 0. The van der Waals surface area contributed by atoms with Gasteiger partial charge in [-0.15, -0.1) is 0 Å². The number of aromatic nitrogens is 1. The first kappa shape index (κ1) is 8.69. The fourth-order valence-electron chi connectivity index (χ4n) is 1.17. The third-order valence-corrected chi connectivity index (χ3v) is 1.84. The zero-order valence-corrected chi connectivity index (χ0v) is 7.68. The lowest BCUT2D eigenvalue weighted by atomic mass is 10.2. The van der Waals surface area contributed by atoms with Crippen molar-refractivity contribution >= 4 is 6.21 Å². The Labute approximate surface area is 82.5 Å². The monoisotopic (exact) mass is 186 g/mol. The molecule has 0 aromatic carbocycles. The van der Waals surface area contributed by atoms with Gasteiger partial charge in [-0.25, -0.2) is 4.98 Å². The minimum absolute atomic E-state index is 0.545. The maximum Gasteiger partial charge on any atom is 0.222 e. The summed E-state index contributed by atoms with van der Waals surface area (Å²) in [4.78, 5) is 8.20. The van der Waals surface area contributed by atoms with Crippen LogP contribution in [0.4, 0.5) is 0 Å². The number of aliphatic imine (C=N–C) groups is 1. The molecule has 0 radical (unpaired) electrons. The van der Waals surface area contributed by atoms with E-state index in [0.29, 0.717) is 11.6 Å². The SMILES string of the molecule is C=C1/C=C\N=C/Cc2cccnc2O1. The van der Waals surface area contributed by atoms with Gasteiger partial charge < -0.3 is 4.74 Å². The molecule has 1 aromatic heterocycles. The highest BCUT2D eigenvalue weighted by Gasteiger charge is 2.04. The van der Waals surface area contributed by atoms with Gasteiger partial charge in [-0.05, 0) is 12.1 Å². The Kier molecular flexibility index (Phi) is 2.40. The van der Waals surface area contributed by atoms with E-state index in [1.165, 1.54) is 0 Å². The van der Waals surface area contributed by atoms with Crippen molar-refractivity contribution in [2.75, 3.05) is 0 Å². The normalized spacial score (nSPS) is 19.6. The van der Waals surface area contributed by atoms with E-state index in [-0.39, 0.29) is 0 Å². The number of ether oxygens (including phenoxy) is 1. The molecule has 0 spiro atoms. The highest BCUT2D eigenvalue weighted by Crippen LogP contribution is 2.17. The summed E-state index contributed by atoms with van der Waals surface area (Å²) in [6.45, 7) is 3.73. The number of nitrogens with zero attached hydrogens (tertiary/aromatic N) is 2. The van der Waals surface area contributed by atoms with Gasteiger partial charge in [0.25, 0.3) is 0 Å². The molecule has 0 saturated carbocycles. The Hall–Kier alpha value is -1.90. The van der Waals surface area contributed by atoms with Gasteiger partial charge in [0.15, 0.2) is 0 Å². The van der Waals surface area contributed by atoms with E-state index in [1.807, 2.05) is 18.3 Å². The summed E-state index contributed by atoms with van der Waals surface area (Å²) in [7, 11) is 0. The molecule has 0 fully saturated rings. The standard InChI is InChI=1S/C11H10N2O/c1-9-4-7-12-8-5-10-3-2-6-13-11(10)14-9/h2-4,6-8H,1,5H2/b7-4-,12-8-. The quantitative estimate of drug-likeness (QED) is 0.622. The molecule has 0 saturated heterocycles. The minimum Gasteiger partial charge on any atom is -0.439 e. The molecule has 2 rings (SSSR count). The molecule has 0 N–H and O–H groups in total. The topological polar surface area (TPSA) is 34.5 Å². The molecular formula is C11H10N2O. The Balaban J connectivity index is 2.39. The molecule has 14 heavy (non-hydrogen) atoms. The van der Waals surface area contributed by atoms with Crippen molar-refractivity contribution in [1.82, 2.24) is 4.98 Å². The summed E-state index contributed by atoms with van der Waals surface area (Å²) in [6, 6.07) is 3.84. The first-order valence-electron chi connectivity index (χ1n) is 4.35. The van der Waals surface area contributed by atoms with Crippen molar-refractivity contribution in [3.8, 4) is 5.88 Å². The van der Waals surface area contributed by atoms with E-state index in [1.54, 1.807) is 18.5 Å². The maximum atomic E-state index is 5.44. The number of hydrogen-bond donors (Lipinski definition) is 0. The average Bonchev–Trinajstić information content (AvgIpc) is 2.27. The molecule has 1 aromatic rings. The molecule has 0 bridgehead atoms. The van der Waals surface area contributed by atoms with Gasteiger partial charge in [0.1, 0.15) is 5.76 Å². The van der Waals surface area contributed by atoms with Gasteiger partial charge in [0.05, 0.1) is 0 Å². The highest BCUT2D eigenvalue weighted by atomic mass is 16.5.